The molecule has 3 nitrogen and oxygen atoms in total. The van der Waals surface area contributed by atoms with E-state index in [0.717, 1.165) is 0 Å². The van der Waals surface area contributed by atoms with Crippen LogP contribution in [0.4, 0.5) is 0 Å². The molecule has 0 N–H and O–H groups in total. The van der Waals surface area contributed by atoms with Crippen LogP contribution in [0.1, 0.15) is 18.1 Å². The Labute approximate surface area is 104 Å². The van der Waals surface area contributed by atoms with Crippen molar-refractivity contribution >= 4 is 30.2 Å². The highest BCUT2D eigenvalue weighted by molar-refractivity contribution is 7.80. The molecule has 0 amide bonds. The monoisotopic (exact) mass is 255 g/mol. The van der Waals surface area contributed by atoms with E-state index in [1.807, 2.05) is 6.07 Å². The number of esters is 1. The lowest BCUT2D eigenvalue weighted by Crippen LogP contribution is -2.08. The summed E-state index contributed by atoms with van der Waals surface area (Å²) in [5.41, 5.74) is 0.862. The Morgan fingerprint density at radius 1 is 1.62 bits per heavy atom. The molecule has 0 radical (unpaired) electrons. The molecule has 0 fully saturated rings. The van der Waals surface area contributed by atoms with Gasteiger partial charge >= 0.3 is 5.97 Å². The number of thiol groups is 1. The van der Waals surface area contributed by atoms with E-state index in [9.17, 15) is 4.79 Å². The molecule has 0 aliphatic rings. The van der Waals surface area contributed by atoms with Crippen LogP contribution in [-0.4, -0.2) is 12.6 Å². The second-order valence-electron chi connectivity index (χ2n) is 3.03. The van der Waals surface area contributed by atoms with Gasteiger partial charge in [-0.25, -0.2) is 0 Å². The van der Waals surface area contributed by atoms with Gasteiger partial charge in [0.15, 0.2) is 0 Å². The van der Waals surface area contributed by atoms with Crippen molar-refractivity contribution in [2.45, 2.75) is 18.2 Å². The fourth-order valence-electron chi connectivity index (χ4n) is 1.22. The fourth-order valence-corrected chi connectivity index (χ4v) is 1.80. The lowest BCUT2D eigenvalue weighted by atomic mass is 10.1. The van der Waals surface area contributed by atoms with Gasteiger partial charge in [0.25, 0.3) is 0 Å². The van der Waals surface area contributed by atoms with Crippen LogP contribution in [0, 0.1) is 11.3 Å². The van der Waals surface area contributed by atoms with Crippen molar-refractivity contribution < 1.29 is 9.53 Å². The van der Waals surface area contributed by atoms with Crippen molar-refractivity contribution in [3.63, 3.8) is 0 Å². The van der Waals surface area contributed by atoms with Crippen molar-refractivity contribution in [3.05, 3.63) is 28.3 Å². The average Bonchev–Trinajstić information content (AvgIpc) is 2.23. The Bertz CT molecular complexity index is 454. The van der Waals surface area contributed by atoms with Crippen molar-refractivity contribution in [1.29, 1.82) is 5.26 Å². The molecule has 0 atom stereocenters. The number of hydrogen-bond acceptors (Lipinski definition) is 4. The van der Waals surface area contributed by atoms with Gasteiger partial charge < -0.3 is 4.74 Å². The number of carbonyl (C=O) groups excluding carboxylic acids is 1. The minimum atomic E-state index is -0.361. The number of ether oxygens (including phenoxy) is 1. The van der Waals surface area contributed by atoms with Crippen molar-refractivity contribution in [1.82, 2.24) is 0 Å². The van der Waals surface area contributed by atoms with Crippen LogP contribution in [0.25, 0.3) is 0 Å². The first kappa shape index (κ1) is 12.9. The molecule has 0 aliphatic heterocycles. The van der Waals surface area contributed by atoms with Crippen LogP contribution in [0.3, 0.4) is 0 Å². The number of carbonyl (C=O) groups is 1. The standard InChI is InChI=1S/C11H10ClNO2S/c1-2-15-10(14)5-7-3-4-9(16)8(6-13)11(7)12/h3-4,16H,2,5H2,1H3. The maximum atomic E-state index is 11.3. The lowest BCUT2D eigenvalue weighted by molar-refractivity contribution is -0.142. The van der Waals surface area contributed by atoms with E-state index in [-0.39, 0.29) is 23.0 Å². The molecule has 1 rings (SSSR count). The SMILES string of the molecule is CCOC(=O)Cc1ccc(S)c(C#N)c1Cl. The number of benzene rings is 1. The van der Waals surface area contributed by atoms with E-state index < -0.39 is 0 Å². The van der Waals surface area contributed by atoms with Crippen LogP contribution in [0.2, 0.25) is 5.02 Å². The molecule has 0 saturated carbocycles. The van der Waals surface area contributed by atoms with Crippen LogP contribution in [-0.2, 0) is 16.0 Å². The Kier molecular flexibility index (Phi) is 4.66. The maximum Gasteiger partial charge on any atom is 0.310 e. The molecule has 0 aromatic heterocycles. The number of nitriles is 1. The van der Waals surface area contributed by atoms with Crippen molar-refractivity contribution in [2.75, 3.05) is 6.61 Å². The molecule has 84 valence electrons. The molecular weight excluding hydrogens is 246 g/mol. The van der Waals surface area contributed by atoms with Gasteiger partial charge in [0.2, 0.25) is 0 Å². The van der Waals surface area contributed by atoms with Gasteiger partial charge in [0.05, 0.1) is 23.6 Å². The fraction of sp³-hybridized carbons (Fsp3) is 0.273. The predicted octanol–water partition coefficient (Wildman–Crippen LogP) is 2.61. The molecule has 1 aromatic rings. The smallest absolute Gasteiger partial charge is 0.310 e. The topological polar surface area (TPSA) is 50.1 Å². The molecule has 16 heavy (non-hydrogen) atoms. The number of nitrogens with zero attached hydrogens (tertiary/aromatic N) is 1. The van der Waals surface area contributed by atoms with Crippen molar-refractivity contribution in [2.24, 2.45) is 0 Å². The molecule has 0 aliphatic carbocycles. The predicted molar refractivity (Wildman–Crippen MR) is 63.8 cm³/mol. The Morgan fingerprint density at radius 2 is 2.31 bits per heavy atom. The van der Waals surface area contributed by atoms with E-state index in [0.29, 0.717) is 17.1 Å². The second-order valence-corrected chi connectivity index (χ2v) is 3.89. The quantitative estimate of drug-likeness (QED) is 0.667. The third kappa shape index (κ3) is 2.91. The van der Waals surface area contributed by atoms with Crippen LogP contribution in [0.15, 0.2) is 17.0 Å². The first-order valence-corrected chi connectivity index (χ1v) is 5.48. The normalized spacial score (nSPS) is 9.62. The summed E-state index contributed by atoms with van der Waals surface area (Å²) in [5.74, 6) is -0.361. The maximum absolute atomic E-state index is 11.3. The highest BCUT2D eigenvalue weighted by atomic mass is 35.5. The van der Waals surface area contributed by atoms with E-state index in [1.165, 1.54) is 0 Å². The average molecular weight is 256 g/mol. The highest BCUT2D eigenvalue weighted by Crippen LogP contribution is 2.26. The summed E-state index contributed by atoms with van der Waals surface area (Å²) in [6, 6.07) is 5.26. The third-order valence-electron chi connectivity index (χ3n) is 1.95. The molecule has 1 aromatic carbocycles. The van der Waals surface area contributed by atoms with Gasteiger partial charge in [0.1, 0.15) is 6.07 Å². The Balaban J connectivity index is 2.99. The molecule has 0 heterocycles. The summed E-state index contributed by atoms with van der Waals surface area (Å²) < 4.78 is 4.80. The molecule has 0 saturated heterocycles. The molecular formula is C11H10ClNO2S. The summed E-state index contributed by atoms with van der Waals surface area (Å²) in [4.78, 5) is 11.8. The summed E-state index contributed by atoms with van der Waals surface area (Å²) in [6.07, 6.45) is 0.0649. The minimum Gasteiger partial charge on any atom is -0.466 e. The third-order valence-corrected chi connectivity index (χ3v) is 2.76. The van der Waals surface area contributed by atoms with E-state index in [1.54, 1.807) is 19.1 Å². The molecule has 5 heteroatoms. The van der Waals surface area contributed by atoms with Gasteiger partial charge in [-0.05, 0) is 18.6 Å². The van der Waals surface area contributed by atoms with Crippen molar-refractivity contribution in [3.8, 4) is 6.07 Å². The number of rotatable bonds is 3. The number of hydrogen-bond donors (Lipinski definition) is 1. The van der Waals surface area contributed by atoms with Gasteiger partial charge in [-0.3, -0.25) is 4.79 Å². The summed E-state index contributed by atoms with van der Waals surface area (Å²) in [7, 11) is 0. The molecule has 0 unspecified atom stereocenters. The van der Waals surface area contributed by atoms with Gasteiger partial charge in [-0.1, -0.05) is 17.7 Å². The largest absolute Gasteiger partial charge is 0.466 e. The van der Waals surface area contributed by atoms with Gasteiger partial charge in [-0.15, -0.1) is 12.6 Å². The molecule has 0 bridgehead atoms. The highest BCUT2D eigenvalue weighted by Gasteiger charge is 2.13. The lowest BCUT2D eigenvalue weighted by Gasteiger charge is -2.06. The summed E-state index contributed by atoms with van der Waals surface area (Å²) >= 11 is 10.1. The second kappa shape index (κ2) is 5.78. The van der Waals surface area contributed by atoms with Crippen LogP contribution >= 0.6 is 24.2 Å². The Hall–Kier alpha value is -1.18. The van der Waals surface area contributed by atoms with Gasteiger partial charge in [-0.2, -0.15) is 5.26 Å². The van der Waals surface area contributed by atoms with Crippen LogP contribution < -0.4 is 0 Å². The summed E-state index contributed by atoms with van der Waals surface area (Å²) in [6.45, 7) is 2.06. The van der Waals surface area contributed by atoms with Gasteiger partial charge in [0, 0.05) is 4.90 Å². The first-order chi connectivity index (χ1) is 7.60. The molecule has 0 spiro atoms. The summed E-state index contributed by atoms with van der Waals surface area (Å²) in [5, 5.41) is 9.13. The van der Waals surface area contributed by atoms with Crippen LogP contribution in [0.5, 0.6) is 0 Å². The Morgan fingerprint density at radius 3 is 2.88 bits per heavy atom. The minimum absolute atomic E-state index is 0.0649. The zero-order valence-corrected chi connectivity index (χ0v) is 10.3. The van der Waals surface area contributed by atoms with E-state index >= 15 is 0 Å². The zero-order chi connectivity index (χ0) is 12.1. The first-order valence-electron chi connectivity index (χ1n) is 4.66. The van der Waals surface area contributed by atoms with E-state index in [4.69, 9.17) is 21.6 Å². The van der Waals surface area contributed by atoms with E-state index in [2.05, 4.69) is 12.6 Å². The number of halogens is 1. The zero-order valence-electron chi connectivity index (χ0n) is 8.66.